The van der Waals surface area contributed by atoms with E-state index in [0.29, 0.717) is 28.6 Å². The van der Waals surface area contributed by atoms with Crippen LogP contribution in [0.4, 0.5) is 11.4 Å². The number of carbonyl (C=O) groups excluding carboxylic acids is 2. The number of methoxy groups -OCH3 is 1. The maximum atomic E-state index is 13.1. The molecule has 6 nitrogen and oxygen atoms in total. The fourth-order valence-corrected chi connectivity index (χ4v) is 3.72. The number of ether oxygens (including phenoxy) is 1. The van der Waals surface area contributed by atoms with E-state index in [1.165, 1.54) is 12.7 Å². The first-order chi connectivity index (χ1) is 16.0. The van der Waals surface area contributed by atoms with Gasteiger partial charge in [0.25, 0.3) is 5.91 Å². The number of nitrogens with one attached hydrogen (secondary N) is 3. The van der Waals surface area contributed by atoms with Gasteiger partial charge >= 0.3 is 5.97 Å². The topological polar surface area (TPSA) is 79.5 Å². The molecular formula is C27H27N3O3. The van der Waals surface area contributed by atoms with Crippen LogP contribution in [0.5, 0.6) is 0 Å². The first kappa shape index (κ1) is 22.3. The predicted molar refractivity (Wildman–Crippen MR) is 132 cm³/mol. The van der Waals surface area contributed by atoms with Gasteiger partial charge in [0.1, 0.15) is 0 Å². The molecule has 0 atom stereocenters. The summed E-state index contributed by atoms with van der Waals surface area (Å²) in [7, 11) is 1.33. The average molecular weight is 442 g/mol. The van der Waals surface area contributed by atoms with E-state index in [1.807, 2.05) is 42.5 Å². The van der Waals surface area contributed by atoms with Crippen molar-refractivity contribution in [3.63, 3.8) is 0 Å². The van der Waals surface area contributed by atoms with Crippen molar-refractivity contribution in [2.45, 2.75) is 26.4 Å². The summed E-state index contributed by atoms with van der Waals surface area (Å²) in [6.07, 6.45) is 0. The summed E-state index contributed by atoms with van der Waals surface area (Å²) in [5, 5.41) is 9.75. The molecule has 4 rings (SSSR count). The summed E-state index contributed by atoms with van der Waals surface area (Å²) in [4.78, 5) is 25.0. The van der Waals surface area contributed by atoms with Gasteiger partial charge in [0.05, 0.1) is 29.6 Å². The standard InChI is InChI=1S/C27H27N3O3/c1-17(2)28-16-18-9-12-21(13-10-18)29-25(19-7-5-4-6-8-19)24-22-14-11-20(27(32)33-3)15-23(22)30-26(24)31/h4-15,17,28-29H,16H2,1-3H3,(H,30,31). The van der Waals surface area contributed by atoms with Gasteiger partial charge in [-0.3, -0.25) is 4.79 Å². The van der Waals surface area contributed by atoms with Gasteiger partial charge < -0.3 is 20.7 Å². The molecule has 1 aliphatic rings. The van der Waals surface area contributed by atoms with Crippen molar-refractivity contribution in [2.75, 3.05) is 17.7 Å². The van der Waals surface area contributed by atoms with Crippen molar-refractivity contribution in [2.24, 2.45) is 0 Å². The molecule has 1 heterocycles. The van der Waals surface area contributed by atoms with Crippen LogP contribution in [0, 0.1) is 0 Å². The second-order valence-electron chi connectivity index (χ2n) is 8.18. The van der Waals surface area contributed by atoms with Gasteiger partial charge in [-0.25, -0.2) is 4.79 Å². The normalized spacial score (nSPS) is 14.0. The van der Waals surface area contributed by atoms with Crippen molar-refractivity contribution in [3.05, 3.63) is 95.1 Å². The number of hydrogen-bond acceptors (Lipinski definition) is 5. The molecule has 3 aromatic rings. The molecule has 1 amide bonds. The van der Waals surface area contributed by atoms with Gasteiger partial charge in [0.15, 0.2) is 0 Å². The van der Waals surface area contributed by atoms with Crippen LogP contribution in [0.1, 0.15) is 40.9 Å². The van der Waals surface area contributed by atoms with Crippen LogP contribution in [-0.2, 0) is 16.1 Å². The summed E-state index contributed by atoms with van der Waals surface area (Å²) in [5.74, 6) is -0.672. The maximum absolute atomic E-state index is 13.1. The molecule has 0 saturated carbocycles. The third-order valence-corrected chi connectivity index (χ3v) is 5.44. The van der Waals surface area contributed by atoms with Crippen molar-refractivity contribution in [3.8, 4) is 0 Å². The molecule has 0 spiro atoms. The van der Waals surface area contributed by atoms with E-state index in [1.54, 1.807) is 18.2 Å². The minimum Gasteiger partial charge on any atom is -0.465 e. The van der Waals surface area contributed by atoms with Gasteiger partial charge in [-0.2, -0.15) is 0 Å². The zero-order valence-electron chi connectivity index (χ0n) is 18.9. The Morgan fingerprint density at radius 2 is 1.70 bits per heavy atom. The lowest BCUT2D eigenvalue weighted by molar-refractivity contribution is -0.110. The van der Waals surface area contributed by atoms with E-state index < -0.39 is 5.97 Å². The molecule has 3 aromatic carbocycles. The molecule has 3 N–H and O–H groups in total. The first-order valence-corrected chi connectivity index (χ1v) is 10.9. The summed E-state index contributed by atoms with van der Waals surface area (Å²) < 4.78 is 4.80. The van der Waals surface area contributed by atoms with Crippen molar-refractivity contribution in [1.29, 1.82) is 0 Å². The van der Waals surface area contributed by atoms with Crippen LogP contribution in [0.2, 0.25) is 0 Å². The molecule has 0 aliphatic carbocycles. The summed E-state index contributed by atoms with van der Waals surface area (Å²) in [6, 6.07) is 23.4. The first-order valence-electron chi connectivity index (χ1n) is 10.9. The molecular weight excluding hydrogens is 414 g/mol. The Morgan fingerprint density at radius 1 is 0.970 bits per heavy atom. The molecule has 1 aliphatic heterocycles. The molecule has 6 heteroatoms. The zero-order valence-corrected chi connectivity index (χ0v) is 18.9. The molecule has 0 fully saturated rings. The highest BCUT2D eigenvalue weighted by atomic mass is 16.5. The van der Waals surface area contributed by atoms with Crippen LogP contribution in [0.3, 0.4) is 0 Å². The van der Waals surface area contributed by atoms with Crippen LogP contribution in [0.15, 0.2) is 72.8 Å². The van der Waals surface area contributed by atoms with Gasteiger partial charge in [0.2, 0.25) is 0 Å². The molecule has 0 unspecified atom stereocenters. The highest BCUT2D eigenvalue weighted by Crippen LogP contribution is 2.38. The quantitative estimate of drug-likeness (QED) is 0.359. The third kappa shape index (κ3) is 4.96. The smallest absolute Gasteiger partial charge is 0.337 e. The van der Waals surface area contributed by atoms with Gasteiger partial charge in [-0.1, -0.05) is 62.4 Å². The molecule has 33 heavy (non-hydrogen) atoms. The number of hydrogen-bond donors (Lipinski definition) is 3. The van der Waals surface area contributed by atoms with Gasteiger partial charge in [-0.15, -0.1) is 0 Å². The Hall–Kier alpha value is -3.90. The number of amides is 1. The second kappa shape index (κ2) is 9.71. The minimum absolute atomic E-state index is 0.226. The zero-order chi connectivity index (χ0) is 23.4. The number of benzene rings is 3. The monoisotopic (exact) mass is 441 g/mol. The number of esters is 1. The van der Waals surface area contributed by atoms with Crippen molar-refractivity contribution < 1.29 is 14.3 Å². The number of rotatable bonds is 7. The minimum atomic E-state index is -0.446. The molecule has 0 aromatic heterocycles. The summed E-state index contributed by atoms with van der Waals surface area (Å²) >= 11 is 0. The average Bonchev–Trinajstić information content (AvgIpc) is 3.16. The summed E-state index contributed by atoms with van der Waals surface area (Å²) in [6.45, 7) is 5.03. The van der Waals surface area contributed by atoms with E-state index in [9.17, 15) is 9.59 Å². The Balaban J connectivity index is 1.73. The largest absolute Gasteiger partial charge is 0.465 e. The third-order valence-electron chi connectivity index (χ3n) is 5.44. The summed E-state index contributed by atoms with van der Waals surface area (Å²) in [5.41, 5.74) is 5.88. The number of fused-ring (bicyclic) bond motifs is 1. The number of carbonyl (C=O) groups is 2. The van der Waals surface area contributed by atoms with E-state index in [-0.39, 0.29) is 5.91 Å². The highest BCUT2D eigenvalue weighted by molar-refractivity contribution is 6.37. The Bertz CT molecular complexity index is 1200. The molecule has 0 bridgehead atoms. The number of anilines is 2. The maximum Gasteiger partial charge on any atom is 0.337 e. The van der Waals surface area contributed by atoms with Crippen molar-refractivity contribution in [1.82, 2.24) is 5.32 Å². The molecule has 0 saturated heterocycles. The SMILES string of the molecule is COC(=O)c1ccc2c(c1)NC(=O)C2=C(Nc1ccc(CNC(C)C)cc1)c1ccccc1. The van der Waals surface area contributed by atoms with Crippen LogP contribution >= 0.6 is 0 Å². The fourth-order valence-electron chi connectivity index (χ4n) is 3.72. The Labute approximate surface area is 193 Å². The Kier molecular flexibility index (Phi) is 6.56. The lowest BCUT2D eigenvalue weighted by Crippen LogP contribution is -2.21. The van der Waals surface area contributed by atoms with E-state index in [2.05, 4.69) is 41.9 Å². The fraction of sp³-hybridized carbons (Fsp3) is 0.185. The molecule has 168 valence electrons. The van der Waals surface area contributed by atoms with E-state index in [0.717, 1.165) is 23.4 Å². The van der Waals surface area contributed by atoms with Gasteiger partial charge in [-0.05, 0) is 35.4 Å². The van der Waals surface area contributed by atoms with Crippen LogP contribution < -0.4 is 16.0 Å². The second-order valence-corrected chi connectivity index (χ2v) is 8.18. The van der Waals surface area contributed by atoms with Gasteiger partial charge in [0, 0.05) is 23.8 Å². The lowest BCUT2D eigenvalue weighted by atomic mass is 9.99. The van der Waals surface area contributed by atoms with Crippen molar-refractivity contribution >= 4 is 34.5 Å². The highest BCUT2D eigenvalue weighted by Gasteiger charge is 2.29. The Morgan fingerprint density at radius 3 is 2.36 bits per heavy atom. The van der Waals surface area contributed by atoms with E-state index in [4.69, 9.17) is 4.74 Å². The van der Waals surface area contributed by atoms with Crippen LogP contribution in [0.25, 0.3) is 11.3 Å². The molecule has 0 radical (unpaired) electrons. The lowest BCUT2D eigenvalue weighted by Gasteiger charge is -2.15. The van der Waals surface area contributed by atoms with Crippen LogP contribution in [-0.4, -0.2) is 25.0 Å². The predicted octanol–water partition coefficient (Wildman–Crippen LogP) is 4.90. The van der Waals surface area contributed by atoms with E-state index >= 15 is 0 Å².